The highest BCUT2D eigenvalue weighted by molar-refractivity contribution is 5.25. The van der Waals surface area contributed by atoms with Crippen molar-refractivity contribution < 1.29 is 14.6 Å². The third-order valence-corrected chi connectivity index (χ3v) is 8.00. The van der Waals surface area contributed by atoms with Crippen LogP contribution in [0.15, 0.2) is 11.6 Å². The molecule has 0 saturated heterocycles. The van der Waals surface area contributed by atoms with Gasteiger partial charge in [-0.05, 0) is 68.1 Å². The van der Waals surface area contributed by atoms with E-state index in [9.17, 15) is 14.6 Å². The molecule has 0 bridgehead atoms. The van der Waals surface area contributed by atoms with E-state index in [2.05, 4.69) is 13.0 Å². The minimum atomic E-state index is -1.47. The van der Waals surface area contributed by atoms with Crippen molar-refractivity contribution in [3.05, 3.63) is 11.6 Å². The van der Waals surface area contributed by atoms with Gasteiger partial charge in [-0.3, -0.25) is 0 Å². The van der Waals surface area contributed by atoms with Gasteiger partial charge in [0.15, 0.2) is 6.17 Å². The maximum atomic E-state index is 14.3. The molecule has 3 fully saturated rings. The van der Waals surface area contributed by atoms with Crippen molar-refractivity contribution in [2.75, 3.05) is 0 Å². The van der Waals surface area contributed by atoms with Gasteiger partial charge in [0, 0.05) is 5.41 Å². The van der Waals surface area contributed by atoms with E-state index in [1.54, 1.807) is 5.57 Å². The molecule has 3 saturated carbocycles. The van der Waals surface area contributed by atoms with Crippen LogP contribution in [0.2, 0.25) is 0 Å². The topological polar surface area (TPSA) is 40.5 Å². The first-order valence-corrected chi connectivity index (χ1v) is 9.09. The fraction of sp³-hybridized carbons (Fsp3) is 0.895. The summed E-state index contributed by atoms with van der Waals surface area (Å²) < 4.78 is 14.3. The molecule has 0 amide bonds. The Hall–Kier alpha value is -0.410. The Kier molecular flexibility index (Phi) is 3.30. The number of fused-ring (bicyclic) bond motifs is 5. The summed E-state index contributed by atoms with van der Waals surface area (Å²) in [7, 11) is 0. The largest absolute Gasteiger partial charge is 0.390 e. The summed E-state index contributed by atoms with van der Waals surface area (Å²) in [4.78, 5) is 0. The maximum absolute atomic E-state index is 14.3. The van der Waals surface area contributed by atoms with Crippen LogP contribution in [-0.2, 0) is 0 Å². The van der Waals surface area contributed by atoms with Crippen LogP contribution in [-0.4, -0.2) is 28.6 Å². The molecule has 0 aromatic rings. The summed E-state index contributed by atoms with van der Waals surface area (Å²) in [5, 5.41) is 20.9. The van der Waals surface area contributed by atoms with Gasteiger partial charge in [0.05, 0.1) is 12.2 Å². The van der Waals surface area contributed by atoms with E-state index in [1.165, 1.54) is 19.3 Å². The SMILES string of the molecule is C[C@]12CC[C@H]3[C@@H](CCC4=CCCC[C@@]43C)[C@@H]1[C@H](O)[C@@H](F)[C@@H]2O. The Morgan fingerprint density at radius 2 is 1.95 bits per heavy atom. The summed E-state index contributed by atoms with van der Waals surface area (Å²) in [6.45, 7) is 4.41. The van der Waals surface area contributed by atoms with E-state index in [4.69, 9.17) is 0 Å². The molecule has 2 nitrogen and oxygen atoms in total. The number of halogens is 1. The summed E-state index contributed by atoms with van der Waals surface area (Å²) in [5.74, 6) is 0.846. The molecular weight excluding hydrogens is 279 g/mol. The van der Waals surface area contributed by atoms with E-state index in [-0.39, 0.29) is 11.3 Å². The summed E-state index contributed by atoms with van der Waals surface area (Å²) in [6.07, 6.45) is 6.78. The Bertz CT molecular complexity index is 504. The number of allylic oxidation sites excluding steroid dienone is 2. The Labute approximate surface area is 132 Å². The Morgan fingerprint density at radius 1 is 1.18 bits per heavy atom. The zero-order valence-electron chi connectivity index (χ0n) is 13.8. The number of aliphatic hydroxyl groups is 2. The quantitative estimate of drug-likeness (QED) is 0.671. The zero-order valence-corrected chi connectivity index (χ0v) is 13.8. The van der Waals surface area contributed by atoms with Gasteiger partial charge in [0.1, 0.15) is 0 Å². The molecule has 4 rings (SSSR count). The molecule has 0 unspecified atom stereocenters. The average molecular weight is 308 g/mol. The van der Waals surface area contributed by atoms with Gasteiger partial charge in [-0.25, -0.2) is 4.39 Å². The van der Waals surface area contributed by atoms with Crippen molar-refractivity contribution in [1.29, 1.82) is 0 Å². The molecule has 3 heteroatoms. The number of hydrogen-bond acceptors (Lipinski definition) is 2. The lowest BCUT2D eigenvalue weighted by Gasteiger charge is -2.58. The molecule has 4 aliphatic carbocycles. The highest BCUT2D eigenvalue weighted by Crippen LogP contribution is 2.65. The monoisotopic (exact) mass is 308 g/mol. The smallest absolute Gasteiger partial charge is 0.152 e. The lowest BCUT2D eigenvalue weighted by Crippen LogP contribution is -2.52. The molecule has 0 aliphatic heterocycles. The minimum Gasteiger partial charge on any atom is -0.390 e. The van der Waals surface area contributed by atoms with Crippen molar-refractivity contribution in [1.82, 2.24) is 0 Å². The van der Waals surface area contributed by atoms with Crippen LogP contribution in [0.3, 0.4) is 0 Å². The molecule has 0 aromatic carbocycles. The van der Waals surface area contributed by atoms with Crippen LogP contribution in [0.4, 0.5) is 4.39 Å². The van der Waals surface area contributed by atoms with Crippen LogP contribution < -0.4 is 0 Å². The average Bonchev–Trinajstić information content (AvgIpc) is 2.68. The van der Waals surface area contributed by atoms with E-state index >= 15 is 0 Å². The first-order chi connectivity index (χ1) is 10.4. The summed E-state index contributed by atoms with van der Waals surface area (Å²) in [5.41, 5.74) is 1.43. The number of alkyl halides is 1. The predicted octanol–water partition coefficient (Wildman–Crippen LogP) is 3.62. The fourth-order valence-electron chi connectivity index (χ4n) is 6.77. The first kappa shape index (κ1) is 15.1. The second kappa shape index (κ2) is 4.80. The van der Waals surface area contributed by atoms with Crippen molar-refractivity contribution in [3.8, 4) is 0 Å². The van der Waals surface area contributed by atoms with E-state index in [0.717, 1.165) is 25.7 Å². The summed E-state index contributed by atoms with van der Waals surface area (Å²) >= 11 is 0. The standard InChI is InChI=1S/C19H29FO2/c1-18-9-4-3-5-11(18)6-7-12-13(18)8-10-19(2)14(12)16(21)15(20)17(19)22/h5,12-17,21-22H,3-4,6-10H2,1-2H3/t12-,13+,14-,15-,16+,17+,18+,19+/m1/s1. The van der Waals surface area contributed by atoms with Crippen molar-refractivity contribution >= 4 is 0 Å². The Morgan fingerprint density at radius 3 is 2.73 bits per heavy atom. The number of rotatable bonds is 0. The zero-order chi connectivity index (χ0) is 15.7. The fourth-order valence-corrected chi connectivity index (χ4v) is 6.77. The maximum Gasteiger partial charge on any atom is 0.152 e. The van der Waals surface area contributed by atoms with Gasteiger partial charge < -0.3 is 10.2 Å². The highest BCUT2D eigenvalue weighted by Gasteiger charge is 2.65. The van der Waals surface area contributed by atoms with Crippen LogP contribution >= 0.6 is 0 Å². The second-order valence-electron chi connectivity index (χ2n) is 8.80. The molecule has 0 spiro atoms. The summed E-state index contributed by atoms with van der Waals surface area (Å²) in [6, 6.07) is 0. The van der Waals surface area contributed by atoms with Crippen LogP contribution in [0.25, 0.3) is 0 Å². The van der Waals surface area contributed by atoms with Gasteiger partial charge in [0.2, 0.25) is 0 Å². The molecule has 0 heterocycles. The van der Waals surface area contributed by atoms with Crippen molar-refractivity contribution in [2.24, 2.45) is 28.6 Å². The lowest BCUT2D eigenvalue weighted by molar-refractivity contribution is -0.0935. The van der Waals surface area contributed by atoms with Crippen LogP contribution in [0.5, 0.6) is 0 Å². The molecule has 4 aliphatic rings. The third kappa shape index (κ3) is 1.73. The van der Waals surface area contributed by atoms with Crippen molar-refractivity contribution in [3.63, 3.8) is 0 Å². The number of aliphatic hydroxyl groups excluding tert-OH is 2. The predicted molar refractivity (Wildman–Crippen MR) is 84.0 cm³/mol. The molecular formula is C19H29FO2. The highest BCUT2D eigenvalue weighted by atomic mass is 19.1. The van der Waals surface area contributed by atoms with Gasteiger partial charge in [0.25, 0.3) is 0 Å². The molecule has 0 radical (unpaired) electrons. The normalized spacial score (nSPS) is 57.6. The van der Waals surface area contributed by atoms with Gasteiger partial charge in [-0.2, -0.15) is 0 Å². The van der Waals surface area contributed by atoms with Gasteiger partial charge in [-0.15, -0.1) is 0 Å². The van der Waals surface area contributed by atoms with E-state index < -0.39 is 23.8 Å². The number of hydrogen-bond donors (Lipinski definition) is 2. The van der Waals surface area contributed by atoms with Gasteiger partial charge >= 0.3 is 0 Å². The molecule has 8 atom stereocenters. The first-order valence-electron chi connectivity index (χ1n) is 9.09. The van der Waals surface area contributed by atoms with Gasteiger partial charge in [-0.1, -0.05) is 25.5 Å². The van der Waals surface area contributed by atoms with Crippen molar-refractivity contribution in [2.45, 2.75) is 77.2 Å². The van der Waals surface area contributed by atoms with E-state index in [1.807, 2.05) is 6.92 Å². The molecule has 0 aromatic heterocycles. The van der Waals surface area contributed by atoms with E-state index in [0.29, 0.717) is 11.8 Å². The molecule has 2 N–H and O–H groups in total. The van der Waals surface area contributed by atoms with Crippen LogP contribution in [0.1, 0.15) is 58.8 Å². The van der Waals surface area contributed by atoms with Crippen LogP contribution in [0, 0.1) is 28.6 Å². The molecule has 124 valence electrons. The minimum absolute atomic E-state index is 0.0726. The third-order valence-electron chi connectivity index (χ3n) is 8.00. The molecule has 22 heavy (non-hydrogen) atoms. The second-order valence-corrected chi connectivity index (χ2v) is 8.80. The Balaban J connectivity index is 1.72. The lowest BCUT2D eigenvalue weighted by atomic mass is 9.47.